The lowest BCUT2D eigenvalue weighted by molar-refractivity contribution is -0.137. The molecular weight excluding hydrogens is 380 g/mol. The molecule has 0 bridgehead atoms. The molecule has 1 aliphatic heterocycles. The molecule has 0 N–H and O–H groups in total. The molecule has 1 aromatic carbocycles. The van der Waals surface area contributed by atoms with Crippen LogP contribution in [0.2, 0.25) is 0 Å². The van der Waals surface area contributed by atoms with Crippen molar-refractivity contribution in [2.75, 3.05) is 19.6 Å². The Morgan fingerprint density at radius 2 is 2.00 bits per heavy atom. The number of thiophene rings is 1. The van der Waals surface area contributed by atoms with Gasteiger partial charge in [0.1, 0.15) is 4.21 Å². The van der Waals surface area contributed by atoms with Crippen LogP contribution in [0, 0.1) is 5.92 Å². The van der Waals surface area contributed by atoms with Crippen LogP contribution in [0.25, 0.3) is 0 Å². The van der Waals surface area contributed by atoms with Gasteiger partial charge < -0.3 is 4.90 Å². The van der Waals surface area contributed by atoms with Crippen molar-refractivity contribution >= 4 is 27.3 Å². The number of piperidine rings is 1. The number of hydrogen-bond acceptors (Lipinski definition) is 4. The van der Waals surface area contributed by atoms with E-state index < -0.39 is 10.0 Å². The van der Waals surface area contributed by atoms with Crippen LogP contribution in [0.3, 0.4) is 0 Å². The van der Waals surface area contributed by atoms with Crippen LogP contribution in [0.15, 0.2) is 52.1 Å². The third kappa shape index (κ3) is 4.78. The van der Waals surface area contributed by atoms with E-state index in [1.807, 2.05) is 35.2 Å². The summed E-state index contributed by atoms with van der Waals surface area (Å²) >= 11 is 1.22. The molecule has 0 saturated carbocycles. The summed E-state index contributed by atoms with van der Waals surface area (Å²) in [6.07, 6.45) is 2.33. The maximum absolute atomic E-state index is 13.2. The maximum atomic E-state index is 13.2. The quantitative estimate of drug-likeness (QED) is 0.706. The van der Waals surface area contributed by atoms with Crippen LogP contribution in [0.4, 0.5) is 0 Å². The van der Waals surface area contributed by atoms with E-state index in [1.54, 1.807) is 17.5 Å². The predicted octanol–water partition coefficient (Wildman–Crippen LogP) is 3.59. The molecule has 1 atom stereocenters. The van der Waals surface area contributed by atoms with Gasteiger partial charge in [0.25, 0.3) is 10.0 Å². The Morgan fingerprint density at radius 3 is 2.67 bits per heavy atom. The van der Waals surface area contributed by atoms with Gasteiger partial charge in [-0.1, -0.05) is 43.3 Å². The lowest BCUT2D eigenvalue weighted by atomic mass is 9.97. The van der Waals surface area contributed by atoms with Crippen molar-refractivity contribution in [2.24, 2.45) is 5.92 Å². The Bertz CT molecular complexity index is 835. The topological polar surface area (TPSA) is 57.7 Å². The molecule has 27 heavy (non-hydrogen) atoms. The fourth-order valence-electron chi connectivity index (χ4n) is 3.50. The van der Waals surface area contributed by atoms with Gasteiger partial charge in [-0.2, -0.15) is 4.31 Å². The number of hydrogen-bond donors (Lipinski definition) is 0. The normalized spacial score (nSPS) is 18.3. The summed E-state index contributed by atoms with van der Waals surface area (Å²) in [5, 5.41) is 1.77. The first kappa shape index (κ1) is 20.0. The van der Waals surface area contributed by atoms with E-state index in [9.17, 15) is 13.2 Å². The Labute approximate surface area is 165 Å². The zero-order chi connectivity index (χ0) is 19.3. The van der Waals surface area contributed by atoms with E-state index >= 15 is 0 Å². The van der Waals surface area contributed by atoms with Crippen molar-refractivity contribution in [1.82, 2.24) is 9.21 Å². The molecule has 1 unspecified atom stereocenters. The first-order chi connectivity index (χ1) is 13.0. The Hall–Kier alpha value is -1.70. The zero-order valence-corrected chi connectivity index (χ0v) is 17.2. The first-order valence-electron chi connectivity index (χ1n) is 9.38. The number of carbonyl (C=O) groups is 1. The highest BCUT2D eigenvalue weighted by Gasteiger charge is 2.35. The van der Waals surface area contributed by atoms with E-state index in [1.165, 1.54) is 15.6 Å². The highest BCUT2D eigenvalue weighted by molar-refractivity contribution is 7.91. The van der Waals surface area contributed by atoms with Crippen LogP contribution in [0.5, 0.6) is 0 Å². The van der Waals surface area contributed by atoms with E-state index in [0.29, 0.717) is 30.3 Å². The molecule has 0 aliphatic carbocycles. The molecular formula is C20H26N2O3S2. The molecule has 1 aliphatic rings. The van der Waals surface area contributed by atoms with Crippen molar-refractivity contribution in [1.29, 1.82) is 0 Å². The lowest BCUT2D eigenvalue weighted by Crippen LogP contribution is -2.46. The van der Waals surface area contributed by atoms with Crippen LogP contribution < -0.4 is 0 Å². The van der Waals surface area contributed by atoms with Crippen molar-refractivity contribution < 1.29 is 13.2 Å². The summed E-state index contributed by atoms with van der Waals surface area (Å²) < 4.78 is 27.5. The molecule has 3 rings (SSSR count). The number of amides is 1. The van der Waals surface area contributed by atoms with Crippen molar-refractivity contribution in [3.63, 3.8) is 0 Å². The second-order valence-corrected chi connectivity index (χ2v) is 9.99. The molecule has 2 heterocycles. The summed E-state index contributed by atoms with van der Waals surface area (Å²) in [5.41, 5.74) is 1.10. The van der Waals surface area contributed by atoms with E-state index in [-0.39, 0.29) is 18.4 Å². The molecule has 1 fully saturated rings. The van der Waals surface area contributed by atoms with Crippen LogP contribution in [-0.2, 0) is 21.4 Å². The Kier molecular flexibility index (Phi) is 6.68. The van der Waals surface area contributed by atoms with Gasteiger partial charge in [-0.15, -0.1) is 11.3 Å². The van der Waals surface area contributed by atoms with Crippen LogP contribution in [-0.4, -0.2) is 43.2 Å². The lowest BCUT2D eigenvalue weighted by Gasteiger charge is -2.34. The van der Waals surface area contributed by atoms with Crippen LogP contribution in [0.1, 0.15) is 31.7 Å². The van der Waals surface area contributed by atoms with Gasteiger partial charge in [0.05, 0.1) is 5.92 Å². The number of nitrogens with zero attached hydrogens (tertiary/aromatic N) is 2. The van der Waals surface area contributed by atoms with Crippen molar-refractivity contribution in [2.45, 2.75) is 36.9 Å². The molecule has 7 heteroatoms. The summed E-state index contributed by atoms with van der Waals surface area (Å²) in [6, 6.07) is 13.3. The Balaban J connectivity index is 1.72. The largest absolute Gasteiger partial charge is 0.338 e. The number of carbonyl (C=O) groups excluding carboxylic acids is 1. The first-order valence-corrected chi connectivity index (χ1v) is 11.7. The van der Waals surface area contributed by atoms with Crippen molar-refractivity contribution in [3.8, 4) is 0 Å². The van der Waals surface area contributed by atoms with Gasteiger partial charge in [-0.05, 0) is 36.3 Å². The fraction of sp³-hybridized carbons (Fsp3) is 0.450. The van der Waals surface area contributed by atoms with Gasteiger partial charge in [0.2, 0.25) is 5.91 Å². The van der Waals surface area contributed by atoms with E-state index in [2.05, 4.69) is 6.92 Å². The molecule has 0 spiro atoms. The standard InChI is InChI=1S/C20H26N2O3S2/c1-2-12-21(15-17-8-4-3-5-9-17)20(23)18-10-6-13-22(16-18)27(24,25)19-11-7-14-26-19/h3-5,7-9,11,14,18H,2,6,10,12-13,15-16H2,1H3. The monoisotopic (exact) mass is 406 g/mol. The summed E-state index contributed by atoms with van der Waals surface area (Å²) in [4.78, 5) is 15.0. The number of sulfonamides is 1. The second-order valence-electron chi connectivity index (χ2n) is 6.88. The zero-order valence-electron chi connectivity index (χ0n) is 15.6. The highest BCUT2D eigenvalue weighted by atomic mass is 32.2. The second kappa shape index (κ2) is 8.99. The molecule has 146 valence electrons. The summed E-state index contributed by atoms with van der Waals surface area (Å²) in [7, 11) is -3.50. The Morgan fingerprint density at radius 1 is 1.22 bits per heavy atom. The third-order valence-corrected chi connectivity index (χ3v) is 8.08. The average Bonchev–Trinajstić information content (AvgIpc) is 3.24. The summed E-state index contributed by atoms with van der Waals surface area (Å²) in [6.45, 7) is 4.06. The maximum Gasteiger partial charge on any atom is 0.252 e. The average molecular weight is 407 g/mol. The van der Waals surface area contributed by atoms with Gasteiger partial charge in [0.15, 0.2) is 0 Å². The third-order valence-electron chi connectivity index (χ3n) is 4.84. The van der Waals surface area contributed by atoms with Gasteiger partial charge in [0, 0.05) is 26.2 Å². The SMILES string of the molecule is CCCN(Cc1ccccc1)C(=O)C1CCCN(S(=O)(=O)c2cccs2)C1. The van der Waals surface area contributed by atoms with Crippen LogP contribution >= 0.6 is 11.3 Å². The van der Waals surface area contributed by atoms with Gasteiger partial charge in [-0.25, -0.2) is 8.42 Å². The summed E-state index contributed by atoms with van der Waals surface area (Å²) in [5.74, 6) is -0.212. The molecule has 5 nitrogen and oxygen atoms in total. The van der Waals surface area contributed by atoms with Crippen molar-refractivity contribution in [3.05, 3.63) is 53.4 Å². The molecule has 0 radical (unpaired) electrons. The van der Waals surface area contributed by atoms with E-state index in [0.717, 1.165) is 18.4 Å². The van der Waals surface area contributed by atoms with Gasteiger partial charge in [-0.3, -0.25) is 4.79 Å². The highest BCUT2D eigenvalue weighted by Crippen LogP contribution is 2.27. The molecule has 1 saturated heterocycles. The minimum atomic E-state index is -3.50. The number of benzene rings is 1. The minimum Gasteiger partial charge on any atom is -0.338 e. The molecule has 1 aromatic heterocycles. The molecule has 2 aromatic rings. The molecule has 1 amide bonds. The minimum absolute atomic E-state index is 0.0618. The number of rotatable bonds is 7. The fourth-order valence-corrected chi connectivity index (χ4v) is 6.17. The van der Waals surface area contributed by atoms with E-state index in [4.69, 9.17) is 0 Å². The smallest absolute Gasteiger partial charge is 0.252 e. The predicted molar refractivity (Wildman–Crippen MR) is 108 cm³/mol. The van der Waals surface area contributed by atoms with Gasteiger partial charge >= 0.3 is 0 Å².